The van der Waals surface area contributed by atoms with Gasteiger partial charge < -0.3 is 9.47 Å². The lowest BCUT2D eigenvalue weighted by Crippen LogP contribution is -2.11. The van der Waals surface area contributed by atoms with Crippen LogP contribution in [-0.2, 0) is 0 Å². The first-order valence-corrected chi connectivity index (χ1v) is 9.32. The minimum atomic E-state index is 0.243. The van der Waals surface area contributed by atoms with Crippen molar-refractivity contribution in [3.8, 4) is 22.8 Å². The van der Waals surface area contributed by atoms with E-state index in [1.54, 1.807) is 30.1 Å². The molecule has 26 heavy (non-hydrogen) atoms. The molecule has 0 saturated carbocycles. The smallest absolute Gasteiger partial charge is 0.231 e. The third-order valence-corrected chi connectivity index (χ3v) is 5.26. The molecule has 2 aromatic carbocycles. The van der Waals surface area contributed by atoms with E-state index >= 15 is 0 Å². The second kappa shape index (κ2) is 7.15. The molecule has 1 aliphatic heterocycles. The van der Waals surface area contributed by atoms with Crippen LogP contribution in [0.15, 0.2) is 51.9 Å². The van der Waals surface area contributed by atoms with Crippen molar-refractivity contribution in [1.29, 1.82) is 0 Å². The van der Waals surface area contributed by atoms with Gasteiger partial charge in [-0.05, 0) is 42.0 Å². The topological polar surface area (TPSA) is 48.1 Å². The summed E-state index contributed by atoms with van der Waals surface area (Å²) >= 11 is 13.9. The Bertz CT molecular complexity index is 1070. The quantitative estimate of drug-likeness (QED) is 0.594. The maximum atomic E-state index is 6.36. The molecular formula is C18H13Cl2N3O2S. The number of nitrogens with zero attached hydrogens (tertiary/aromatic N) is 3. The summed E-state index contributed by atoms with van der Waals surface area (Å²) in [5.74, 6) is 1.45. The molecule has 4 rings (SSSR count). The fourth-order valence-corrected chi connectivity index (χ4v) is 3.86. The molecule has 3 aromatic rings. The van der Waals surface area contributed by atoms with Crippen molar-refractivity contribution in [2.45, 2.75) is 0 Å². The van der Waals surface area contributed by atoms with E-state index in [0.717, 1.165) is 27.4 Å². The third kappa shape index (κ3) is 3.23. The Morgan fingerprint density at radius 3 is 2.77 bits per heavy atom. The van der Waals surface area contributed by atoms with Crippen molar-refractivity contribution in [3.05, 3.63) is 62.2 Å². The predicted octanol–water partition coefficient (Wildman–Crippen LogP) is 4.66. The van der Waals surface area contributed by atoms with E-state index in [0.29, 0.717) is 15.8 Å². The standard InChI is InChI=1S/C18H13Cl2N3O2S/c1-21-18-23(15(9-26-18)13-4-3-12(19)7-14(13)20)22-8-11-2-5-16-17(6-11)25-10-24-16/h2-9H,10H2,1H3. The van der Waals surface area contributed by atoms with E-state index in [2.05, 4.69) is 10.1 Å². The molecular weight excluding hydrogens is 393 g/mol. The molecule has 0 spiro atoms. The van der Waals surface area contributed by atoms with E-state index in [1.165, 1.54) is 11.3 Å². The van der Waals surface area contributed by atoms with Crippen LogP contribution in [0.25, 0.3) is 11.3 Å². The van der Waals surface area contributed by atoms with Gasteiger partial charge in [-0.15, -0.1) is 11.3 Å². The van der Waals surface area contributed by atoms with Crippen LogP contribution in [-0.4, -0.2) is 24.7 Å². The van der Waals surface area contributed by atoms with Crippen LogP contribution in [0, 0.1) is 0 Å². The molecule has 0 N–H and O–H groups in total. The van der Waals surface area contributed by atoms with Crippen LogP contribution < -0.4 is 14.3 Å². The first-order valence-electron chi connectivity index (χ1n) is 7.68. The number of halogens is 2. The molecule has 0 unspecified atom stereocenters. The van der Waals surface area contributed by atoms with Gasteiger partial charge in [0.15, 0.2) is 11.5 Å². The van der Waals surface area contributed by atoms with Gasteiger partial charge in [0.2, 0.25) is 11.6 Å². The second-order valence-corrected chi connectivity index (χ2v) is 7.10. The number of ether oxygens (including phenoxy) is 2. The van der Waals surface area contributed by atoms with Crippen LogP contribution in [0.5, 0.6) is 11.5 Å². The first kappa shape index (κ1) is 17.1. The Labute approximate surface area is 163 Å². The highest BCUT2D eigenvalue weighted by molar-refractivity contribution is 7.07. The van der Waals surface area contributed by atoms with Gasteiger partial charge >= 0.3 is 0 Å². The van der Waals surface area contributed by atoms with Gasteiger partial charge in [0, 0.05) is 23.0 Å². The van der Waals surface area contributed by atoms with Gasteiger partial charge in [-0.25, -0.2) is 4.68 Å². The minimum Gasteiger partial charge on any atom is -0.454 e. The van der Waals surface area contributed by atoms with E-state index in [4.69, 9.17) is 32.7 Å². The number of hydrogen-bond acceptors (Lipinski definition) is 5. The number of hydrogen-bond donors (Lipinski definition) is 0. The van der Waals surface area contributed by atoms with Gasteiger partial charge in [-0.2, -0.15) is 5.10 Å². The van der Waals surface area contributed by atoms with E-state index in [1.807, 2.05) is 29.6 Å². The zero-order chi connectivity index (χ0) is 18.1. The minimum absolute atomic E-state index is 0.243. The predicted molar refractivity (Wildman–Crippen MR) is 105 cm³/mol. The zero-order valence-electron chi connectivity index (χ0n) is 13.6. The third-order valence-electron chi connectivity index (χ3n) is 3.80. The second-order valence-electron chi connectivity index (χ2n) is 5.42. The summed E-state index contributed by atoms with van der Waals surface area (Å²) in [6, 6.07) is 11.1. The molecule has 0 fully saturated rings. The summed E-state index contributed by atoms with van der Waals surface area (Å²) in [6.45, 7) is 0.243. The summed E-state index contributed by atoms with van der Waals surface area (Å²) < 4.78 is 12.5. The van der Waals surface area contributed by atoms with Crippen LogP contribution >= 0.6 is 34.5 Å². The molecule has 2 heterocycles. The first-order chi connectivity index (χ1) is 12.7. The highest BCUT2D eigenvalue weighted by atomic mass is 35.5. The van der Waals surface area contributed by atoms with Crippen molar-refractivity contribution < 1.29 is 9.47 Å². The van der Waals surface area contributed by atoms with Gasteiger partial charge in [-0.3, -0.25) is 4.99 Å². The van der Waals surface area contributed by atoms with Crippen molar-refractivity contribution in [2.75, 3.05) is 13.8 Å². The highest BCUT2D eigenvalue weighted by Gasteiger charge is 2.13. The molecule has 132 valence electrons. The van der Waals surface area contributed by atoms with Crippen LogP contribution in [0.2, 0.25) is 10.0 Å². The van der Waals surface area contributed by atoms with Gasteiger partial charge in [-0.1, -0.05) is 23.2 Å². The molecule has 1 aliphatic rings. The fourth-order valence-electron chi connectivity index (χ4n) is 2.56. The molecule has 0 saturated heterocycles. The summed E-state index contributed by atoms with van der Waals surface area (Å²) in [4.78, 5) is 5.04. The Kier molecular flexibility index (Phi) is 4.72. The molecule has 0 aliphatic carbocycles. The molecule has 0 radical (unpaired) electrons. The maximum absolute atomic E-state index is 6.36. The van der Waals surface area contributed by atoms with Crippen molar-refractivity contribution in [3.63, 3.8) is 0 Å². The van der Waals surface area contributed by atoms with E-state index in [-0.39, 0.29) is 6.79 Å². The van der Waals surface area contributed by atoms with E-state index in [9.17, 15) is 0 Å². The van der Waals surface area contributed by atoms with Crippen LogP contribution in [0.1, 0.15) is 5.56 Å². The monoisotopic (exact) mass is 405 g/mol. The summed E-state index contributed by atoms with van der Waals surface area (Å²) in [5, 5.41) is 7.71. The summed E-state index contributed by atoms with van der Waals surface area (Å²) in [5.41, 5.74) is 2.57. The molecule has 1 aromatic heterocycles. The van der Waals surface area contributed by atoms with Crippen molar-refractivity contribution in [1.82, 2.24) is 4.68 Å². The van der Waals surface area contributed by atoms with Crippen molar-refractivity contribution >= 4 is 40.8 Å². The molecule has 0 bridgehead atoms. The molecule has 8 heteroatoms. The van der Waals surface area contributed by atoms with E-state index < -0.39 is 0 Å². The molecule has 0 amide bonds. The van der Waals surface area contributed by atoms with Gasteiger partial charge in [0.05, 0.1) is 16.9 Å². The Balaban J connectivity index is 1.75. The average Bonchev–Trinajstić information content (AvgIpc) is 3.25. The number of thiazole rings is 1. The van der Waals surface area contributed by atoms with Gasteiger partial charge in [0.25, 0.3) is 0 Å². The lowest BCUT2D eigenvalue weighted by atomic mass is 10.2. The Morgan fingerprint density at radius 1 is 1.12 bits per heavy atom. The lowest BCUT2D eigenvalue weighted by Gasteiger charge is -2.06. The van der Waals surface area contributed by atoms with Crippen LogP contribution in [0.4, 0.5) is 0 Å². The highest BCUT2D eigenvalue weighted by Crippen LogP contribution is 2.32. The number of benzene rings is 2. The fraction of sp³-hybridized carbons (Fsp3) is 0.111. The number of fused-ring (bicyclic) bond motifs is 1. The van der Waals surface area contributed by atoms with Crippen molar-refractivity contribution in [2.24, 2.45) is 10.1 Å². The summed E-state index contributed by atoms with van der Waals surface area (Å²) in [7, 11) is 1.73. The van der Waals surface area contributed by atoms with Crippen LogP contribution in [0.3, 0.4) is 0 Å². The Morgan fingerprint density at radius 2 is 1.96 bits per heavy atom. The summed E-state index contributed by atoms with van der Waals surface area (Å²) in [6.07, 6.45) is 1.75. The Hall–Kier alpha value is -2.28. The lowest BCUT2D eigenvalue weighted by molar-refractivity contribution is 0.174. The number of aromatic nitrogens is 1. The largest absolute Gasteiger partial charge is 0.454 e. The zero-order valence-corrected chi connectivity index (χ0v) is 16.0. The average molecular weight is 406 g/mol. The maximum Gasteiger partial charge on any atom is 0.231 e. The van der Waals surface area contributed by atoms with Gasteiger partial charge in [0.1, 0.15) is 0 Å². The number of rotatable bonds is 3. The SMILES string of the molecule is CN=c1scc(-c2ccc(Cl)cc2Cl)n1N=Cc1ccc2c(c1)OCO2. The molecule has 0 atom stereocenters. The normalized spacial score (nSPS) is 13.7. The molecule has 5 nitrogen and oxygen atoms in total.